The molecule has 0 aliphatic carbocycles. The summed E-state index contributed by atoms with van der Waals surface area (Å²) in [5.41, 5.74) is 1.28. The van der Waals surface area contributed by atoms with E-state index in [0.717, 1.165) is 19.4 Å². The fourth-order valence-corrected chi connectivity index (χ4v) is 2.75. The molecule has 1 aliphatic heterocycles. The highest BCUT2D eigenvalue weighted by Crippen LogP contribution is 2.27. The number of alkyl halides is 1. The standard InChI is InChI=1S/C15H20ClNO/c1-12(13-6-3-2-4-7-13)17-10-14(8-5-9-16)15(18)11-17/h2-4,6-7,12,14H,5,8-11H2,1H3. The minimum Gasteiger partial charge on any atom is -0.298 e. The molecule has 0 spiro atoms. The van der Waals surface area contributed by atoms with E-state index in [1.165, 1.54) is 5.56 Å². The van der Waals surface area contributed by atoms with Gasteiger partial charge in [-0.15, -0.1) is 11.6 Å². The third-order valence-electron chi connectivity index (χ3n) is 3.79. The molecule has 1 aromatic rings. The second-order valence-corrected chi connectivity index (χ2v) is 5.39. The lowest BCUT2D eigenvalue weighted by atomic mass is 10.0. The maximum atomic E-state index is 11.9. The number of carbonyl (C=O) groups excluding carboxylic acids is 1. The molecule has 2 atom stereocenters. The van der Waals surface area contributed by atoms with Crippen molar-refractivity contribution in [2.75, 3.05) is 19.0 Å². The lowest BCUT2D eigenvalue weighted by molar-refractivity contribution is -0.120. The van der Waals surface area contributed by atoms with Crippen molar-refractivity contribution in [2.24, 2.45) is 5.92 Å². The van der Waals surface area contributed by atoms with Crippen LogP contribution in [0.5, 0.6) is 0 Å². The molecule has 0 radical (unpaired) electrons. The number of halogens is 1. The minimum absolute atomic E-state index is 0.190. The number of ketones is 1. The number of carbonyl (C=O) groups is 1. The molecule has 1 heterocycles. The number of Topliss-reactive ketones (excluding diaryl/α,β-unsaturated/α-hetero) is 1. The molecular weight excluding hydrogens is 246 g/mol. The van der Waals surface area contributed by atoms with Gasteiger partial charge in [-0.25, -0.2) is 0 Å². The summed E-state index contributed by atoms with van der Waals surface area (Å²) in [6.07, 6.45) is 1.87. The summed E-state index contributed by atoms with van der Waals surface area (Å²) < 4.78 is 0. The Morgan fingerprint density at radius 3 is 2.78 bits per heavy atom. The van der Waals surface area contributed by atoms with E-state index >= 15 is 0 Å². The largest absolute Gasteiger partial charge is 0.298 e. The summed E-state index contributed by atoms with van der Waals surface area (Å²) >= 11 is 5.70. The molecule has 2 unspecified atom stereocenters. The average molecular weight is 266 g/mol. The Labute approximate surface area is 114 Å². The fraction of sp³-hybridized carbons (Fsp3) is 0.533. The normalized spacial score (nSPS) is 22.3. The minimum atomic E-state index is 0.190. The highest BCUT2D eigenvalue weighted by molar-refractivity contribution is 6.17. The third-order valence-corrected chi connectivity index (χ3v) is 4.05. The Kier molecular flexibility index (Phi) is 4.79. The van der Waals surface area contributed by atoms with Gasteiger partial charge in [0, 0.05) is 24.4 Å². The highest BCUT2D eigenvalue weighted by Gasteiger charge is 2.32. The van der Waals surface area contributed by atoms with Gasteiger partial charge in [0.25, 0.3) is 0 Å². The smallest absolute Gasteiger partial charge is 0.151 e. The molecular formula is C15H20ClNO. The molecule has 0 saturated carbocycles. The van der Waals surface area contributed by atoms with Gasteiger partial charge in [-0.3, -0.25) is 9.69 Å². The summed E-state index contributed by atoms with van der Waals surface area (Å²) in [7, 11) is 0. The number of rotatable bonds is 5. The predicted molar refractivity (Wildman–Crippen MR) is 74.9 cm³/mol. The van der Waals surface area contributed by atoms with E-state index in [1.807, 2.05) is 6.07 Å². The van der Waals surface area contributed by atoms with Crippen LogP contribution in [0.25, 0.3) is 0 Å². The quantitative estimate of drug-likeness (QED) is 0.762. The van der Waals surface area contributed by atoms with Gasteiger partial charge >= 0.3 is 0 Å². The maximum Gasteiger partial charge on any atom is 0.151 e. The van der Waals surface area contributed by atoms with E-state index < -0.39 is 0 Å². The summed E-state index contributed by atoms with van der Waals surface area (Å²) in [5.74, 6) is 1.22. The fourth-order valence-electron chi connectivity index (χ4n) is 2.59. The monoisotopic (exact) mass is 265 g/mol. The number of hydrogen-bond donors (Lipinski definition) is 0. The van der Waals surface area contributed by atoms with Crippen molar-refractivity contribution >= 4 is 17.4 Å². The molecule has 0 N–H and O–H groups in total. The SMILES string of the molecule is CC(c1ccccc1)N1CC(=O)C(CCCCl)C1. The molecule has 0 aromatic heterocycles. The third kappa shape index (κ3) is 3.12. The first-order chi connectivity index (χ1) is 8.72. The van der Waals surface area contributed by atoms with Gasteiger partial charge in [-0.1, -0.05) is 30.3 Å². The Morgan fingerprint density at radius 1 is 1.39 bits per heavy atom. The molecule has 18 heavy (non-hydrogen) atoms. The molecule has 1 saturated heterocycles. The zero-order valence-electron chi connectivity index (χ0n) is 10.8. The van der Waals surface area contributed by atoms with Gasteiger partial charge in [-0.2, -0.15) is 0 Å². The van der Waals surface area contributed by atoms with Crippen LogP contribution in [0, 0.1) is 5.92 Å². The summed E-state index contributed by atoms with van der Waals surface area (Å²) in [4.78, 5) is 14.2. The Balaban J connectivity index is 1.97. The second kappa shape index (κ2) is 6.35. The summed E-state index contributed by atoms with van der Waals surface area (Å²) in [6.45, 7) is 3.64. The van der Waals surface area contributed by atoms with E-state index in [-0.39, 0.29) is 5.92 Å². The lowest BCUT2D eigenvalue weighted by Gasteiger charge is -2.23. The Morgan fingerprint density at radius 2 is 2.11 bits per heavy atom. The molecule has 0 bridgehead atoms. The lowest BCUT2D eigenvalue weighted by Crippen LogP contribution is -2.24. The zero-order valence-corrected chi connectivity index (χ0v) is 11.6. The van der Waals surface area contributed by atoms with Crippen LogP contribution >= 0.6 is 11.6 Å². The molecule has 1 aromatic carbocycles. The Bertz CT molecular complexity index is 393. The number of nitrogens with zero attached hydrogens (tertiary/aromatic N) is 1. The van der Waals surface area contributed by atoms with E-state index in [1.54, 1.807) is 0 Å². The van der Waals surface area contributed by atoms with Crippen LogP contribution in [-0.4, -0.2) is 29.7 Å². The molecule has 1 fully saturated rings. The van der Waals surface area contributed by atoms with E-state index in [0.29, 0.717) is 24.2 Å². The average Bonchev–Trinajstić information content (AvgIpc) is 2.78. The van der Waals surface area contributed by atoms with Crippen molar-refractivity contribution < 1.29 is 4.79 Å². The van der Waals surface area contributed by atoms with E-state index in [4.69, 9.17) is 11.6 Å². The molecule has 2 nitrogen and oxygen atoms in total. The summed E-state index contributed by atoms with van der Waals surface area (Å²) in [6, 6.07) is 10.7. The van der Waals surface area contributed by atoms with Crippen LogP contribution in [0.15, 0.2) is 30.3 Å². The van der Waals surface area contributed by atoms with Crippen molar-refractivity contribution in [1.29, 1.82) is 0 Å². The van der Waals surface area contributed by atoms with Gasteiger partial charge in [0.05, 0.1) is 6.54 Å². The van der Waals surface area contributed by atoms with E-state index in [2.05, 4.69) is 36.1 Å². The van der Waals surface area contributed by atoms with Crippen LogP contribution in [0.4, 0.5) is 0 Å². The molecule has 3 heteroatoms. The summed E-state index contributed by atoms with van der Waals surface area (Å²) in [5, 5.41) is 0. The number of benzene rings is 1. The number of likely N-dealkylation sites (tertiary alicyclic amines) is 1. The number of hydrogen-bond acceptors (Lipinski definition) is 2. The first-order valence-electron chi connectivity index (χ1n) is 6.60. The second-order valence-electron chi connectivity index (χ2n) is 5.01. The van der Waals surface area contributed by atoms with Crippen LogP contribution in [0.3, 0.4) is 0 Å². The topological polar surface area (TPSA) is 20.3 Å². The van der Waals surface area contributed by atoms with Crippen LogP contribution < -0.4 is 0 Å². The van der Waals surface area contributed by atoms with Crippen molar-refractivity contribution in [2.45, 2.75) is 25.8 Å². The predicted octanol–water partition coefficient (Wildman–Crippen LogP) is 3.27. The Hall–Kier alpha value is -0.860. The van der Waals surface area contributed by atoms with Crippen LogP contribution in [-0.2, 0) is 4.79 Å². The van der Waals surface area contributed by atoms with Gasteiger partial charge in [0.2, 0.25) is 0 Å². The van der Waals surface area contributed by atoms with Gasteiger partial charge in [0.15, 0.2) is 5.78 Å². The van der Waals surface area contributed by atoms with Gasteiger partial charge in [-0.05, 0) is 25.3 Å². The first-order valence-corrected chi connectivity index (χ1v) is 7.13. The molecule has 1 aliphatic rings. The zero-order chi connectivity index (χ0) is 13.0. The molecule has 2 rings (SSSR count). The van der Waals surface area contributed by atoms with Crippen molar-refractivity contribution in [3.63, 3.8) is 0 Å². The highest BCUT2D eigenvalue weighted by atomic mass is 35.5. The molecule has 0 amide bonds. The maximum absolute atomic E-state index is 11.9. The van der Waals surface area contributed by atoms with Crippen LogP contribution in [0.1, 0.15) is 31.4 Å². The first kappa shape index (κ1) is 13.6. The van der Waals surface area contributed by atoms with Gasteiger partial charge < -0.3 is 0 Å². The van der Waals surface area contributed by atoms with Crippen molar-refractivity contribution in [1.82, 2.24) is 4.90 Å². The van der Waals surface area contributed by atoms with Gasteiger partial charge in [0.1, 0.15) is 0 Å². The van der Waals surface area contributed by atoms with Crippen molar-refractivity contribution in [3.8, 4) is 0 Å². The van der Waals surface area contributed by atoms with Crippen molar-refractivity contribution in [3.05, 3.63) is 35.9 Å². The van der Waals surface area contributed by atoms with Crippen LogP contribution in [0.2, 0.25) is 0 Å². The molecule has 98 valence electrons. The van der Waals surface area contributed by atoms with E-state index in [9.17, 15) is 4.79 Å².